The molecule has 3 rings (SSSR count). The van der Waals surface area contributed by atoms with E-state index in [1.54, 1.807) is 4.90 Å². The maximum atomic E-state index is 12.3. The summed E-state index contributed by atoms with van der Waals surface area (Å²) in [6.45, 7) is 0.544. The van der Waals surface area contributed by atoms with Crippen LogP contribution in [0.3, 0.4) is 0 Å². The average Bonchev–Trinajstić information content (AvgIpc) is 3.03. The minimum absolute atomic E-state index is 0. The number of ether oxygens (including phenoxy) is 2. The number of amides is 2. The number of hydrogen-bond donors (Lipinski definition) is 2. The molecule has 1 aliphatic rings. The Bertz CT molecular complexity index is 786. The Balaban J connectivity index is 0.00000280. The minimum atomic E-state index is -0.742. The van der Waals surface area contributed by atoms with Crippen molar-refractivity contribution >= 4 is 29.9 Å². The number of nitrogens with zero attached hydrogens (tertiary/aromatic N) is 1. The van der Waals surface area contributed by atoms with Crippen LogP contribution >= 0.6 is 12.4 Å². The van der Waals surface area contributed by atoms with E-state index in [1.165, 1.54) is 7.11 Å². The van der Waals surface area contributed by atoms with E-state index in [-0.39, 0.29) is 43.3 Å². The van der Waals surface area contributed by atoms with Crippen molar-refractivity contribution in [3.63, 3.8) is 0 Å². The molecule has 0 bridgehead atoms. The van der Waals surface area contributed by atoms with Gasteiger partial charge in [0.2, 0.25) is 11.8 Å². The van der Waals surface area contributed by atoms with Crippen LogP contribution in [0.25, 0.3) is 0 Å². The van der Waals surface area contributed by atoms with Gasteiger partial charge in [-0.1, -0.05) is 18.2 Å². The number of hydrogen-bond acceptors (Lipinski definition) is 5. The third kappa shape index (κ3) is 5.45. The summed E-state index contributed by atoms with van der Waals surface area (Å²) in [5, 5.41) is 2.81. The Morgan fingerprint density at radius 2 is 1.82 bits per heavy atom. The lowest BCUT2D eigenvalue weighted by Crippen LogP contribution is -2.48. The van der Waals surface area contributed by atoms with E-state index < -0.39 is 6.04 Å². The van der Waals surface area contributed by atoms with E-state index in [1.807, 2.05) is 54.6 Å². The topological polar surface area (TPSA) is 93.9 Å². The zero-order valence-corrected chi connectivity index (χ0v) is 16.4. The molecule has 7 nitrogen and oxygen atoms in total. The predicted molar refractivity (Wildman–Crippen MR) is 109 cm³/mol. The molecule has 2 atom stereocenters. The molecule has 0 saturated carbocycles. The summed E-state index contributed by atoms with van der Waals surface area (Å²) < 4.78 is 10.6. The molecule has 2 aromatic carbocycles. The van der Waals surface area contributed by atoms with Gasteiger partial charge in [0.15, 0.2) is 0 Å². The summed E-state index contributed by atoms with van der Waals surface area (Å²) in [6, 6.07) is 15.8. The molecule has 0 aromatic heterocycles. The highest BCUT2D eigenvalue weighted by Gasteiger charge is 2.32. The highest BCUT2D eigenvalue weighted by atomic mass is 35.5. The van der Waals surface area contributed by atoms with Crippen LogP contribution in [0.15, 0.2) is 54.6 Å². The first-order chi connectivity index (χ1) is 13.1. The first-order valence-electron chi connectivity index (χ1n) is 8.75. The lowest BCUT2D eigenvalue weighted by molar-refractivity contribution is -0.124. The second-order valence-corrected chi connectivity index (χ2v) is 6.38. The van der Waals surface area contributed by atoms with E-state index in [9.17, 15) is 9.59 Å². The lowest BCUT2D eigenvalue weighted by atomic mass is 10.2. The summed E-state index contributed by atoms with van der Waals surface area (Å²) in [5.74, 6) is 1.07. The molecule has 8 heteroatoms. The number of para-hydroxylation sites is 1. The summed E-state index contributed by atoms with van der Waals surface area (Å²) >= 11 is 0. The standard InChI is InChI=1S/C20H23N3O4.ClH/c1-26-13-18(21)20(25)22-14-11-19(24)23(12-14)15-7-9-17(10-8-15)27-16-5-3-2-4-6-16;/h2-10,14,18H,11-13,21H2,1H3,(H,22,25);1H. The molecule has 0 spiro atoms. The quantitative estimate of drug-likeness (QED) is 0.735. The highest BCUT2D eigenvalue weighted by molar-refractivity contribution is 5.97. The number of benzene rings is 2. The van der Waals surface area contributed by atoms with Crippen molar-refractivity contribution in [2.24, 2.45) is 5.73 Å². The molecule has 0 radical (unpaired) electrons. The Hall–Kier alpha value is -2.61. The zero-order chi connectivity index (χ0) is 19.2. The van der Waals surface area contributed by atoms with Crippen LogP contribution in [0.4, 0.5) is 5.69 Å². The summed E-state index contributed by atoms with van der Waals surface area (Å²) in [6.07, 6.45) is 0.244. The lowest BCUT2D eigenvalue weighted by Gasteiger charge is -2.19. The van der Waals surface area contributed by atoms with Gasteiger partial charge in [-0.15, -0.1) is 12.4 Å². The fraction of sp³-hybridized carbons (Fsp3) is 0.300. The van der Waals surface area contributed by atoms with Gasteiger partial charge in [0.1, 0.15) is 17.5 Å². The summed E-state index contributed by atoms with van der Waals surface area (Å²) in [4.78, 5) is 26.0. The first-order valence-corrected chi connectivity index (χ1v) is 8.75. The molecule has 3 N–H and O–H groups in total. The largest absolute Gasteiger partial charge is 0.457 e. The fourth-order valence-electron chi connectivity index (χ4n) is 2.94. The zero-order valence-electron chi connectivity index (χ0n) is 15.5. The third-order valence-electron chi connectivity index (χ3n) is 4.28. The second-order valence-electron chi connectivity index (χ2n) is 6.38. The molecule has 2 unspecified atom stereocenters. The number of carbonyl (C=O) groups is 2. The highest BCUT2D eigenvalue weighted by Crippen LogP contribution is 2.26. The molecular formula is C20H24ClN3O4. The van der Waals surface area contributed by atoms with Crippen molar-refractivity contribution in [2.45, 2.75) is 18.5 Å². The Morgan fingerprint density at radius 3 is 2.46 bits per heavy atom. The number of methoxy groups -OCH3 is 1. The number of halogens is 1. The van der Waals surface area contributed by atoms with E-state index >= 15 is 0 Å². The molecule has 0 aliphatic carbocycles. The van der Waals surface area contributed by atoms with Gasteiger partial charge in [-0.25, -0.2) is 0 Å². The summed E-state index contributed by atoms with van der Waals surface area (Å²) in [5.41, 5.74) is 6.48. The van der Waals surface area contributed by atoms with Gasteiger partial charge in [-0.05, 0) is 36.4 Å². The number of rotatable bonds is 7. The van der Waals surface area contributed by atoms with E-state index in [2.05, 4.69) is 5.32 Å². The van der Waals surface area contributed by atoms with Crippen molar-refractivity contribution in [1.29, 1.82) is 0 Å². The third-order valence-corrected chi connectivity index (χ3v) is 4.28. The van der Waals surface area contributed by atoms with Crippen molar-refractivity contribution < 1.29 is 19.1 Å². The van der Waals surface area contributed by atoms with Gasteiger partial charge in [0.05, 0.1) is 12.6 Å². The van der Waals surface area contributed by atoms with Crippen LogP contribution in [0.2, 0.25) is 0 Å². The van der Waals surface area contributed by atoms with E-state index in [0.717, 1.165) is 11.4 Å². The van der Waals surface area contributed by atoms with Gasteiger partial charge in [0.25, 0.3) is 0 Å². The van der Waals surface area contributed by atoms with Crippen LogP contribution in [-0.4, -0.2) is 44.2 Å². The molecule has 1 heterocycles. The predicted octanol–water partition coefficient (Wildman–Crippen LogP) is 2.10. The SMILES string of the molecule is COCC(N)C(=O)NC1CC(=O)N(c2ccc(Oc3ccccc3)cc2)C1.Cl. The van der Waals surface area contributed by atoms with Gasteiger partial charge in [-0.2, -0.15) is 0 Å². The smallest absolute Gasteiger partial charge is 0.239 e. The monoisotopic (exact) mass is 405 g/mol. The van der Waals surface area contributed by atoms with Gasteiger partial charge in [0, 0.05) is 25.8 Å². The van der Waals surface area contributed by atoms with Gasteiger partial charge in [-0.3, -0.25) is 9.59 Å². The molecule has 1 fully saturated rings. The molecular weight excluding hydrogens is 382 g/mol. The molecule has 1 aliphatic heterocycles. The van der Waals surface area contributed by atoms with Crippen LogP contribution in [0.1, 0.15) is 6.42 Å². The first kappa shape index (κ1) is 21.7. The van der Waals surface area contributed by atoms with Gasteiger partial charge < -0.3 is 25.4 Å². The maximum absolute atomic E-state index is 12.3. The van der Waals surface area contributed by atoms with E-state index in [4.69, 9.17) is 15.2 Å². The Morgan fingerprint density at radius 1 is 1.18 bits per heavy atom. The van der Waals surface area contributed by atoms with Crippen LogP contribution < -0.4 is 20.7 Å². The second kappa shape index (κ2) is 10.1. The molecule has 28 heavy (non-hydrogen) atoms. The molecule has 2 amide bonds. The fourth-order valence-corrected chi connectivity index (χ4v) is 2.94. The van der Waals surface area contributed by atoms with Crippen LogP contribution in [0, 0.1) is 0 Å². The molecule has 1 saturated heterocycles. The van der Waals surface area contributed by atoms with Crippen molar-refractivity contribution in [3.8, 4) is 11.5 Å². The number of nitrogens with one attached hydrogen (secondary N) is 1. The Labute approximate surface area is 170 Å². The maximum Gasteiger partial charge on any atom is 0.239 e. The molecule has 150 valence electrons. The summed E-state index contributed by atoms with van der Waals surface area (Å²) in [7, 11) is 1.49. The van der Waals surface area contributed by atoms with Crippen LogP contribution in [0.5, 0.6) is 11.5 Å². The van der Waals surface area contributed by atoms with Crippen molar-refractivity contribution in [1.82, 2.24) is 5.32 Å². The van der Waals surface area contributed by atoms with Gasteiger partial charge >= 0.3 is 0 Å². The Kier molecular flexibility index (Phi) is 7.80. The average molecular weight is 406 g/mol. The molecule has 2 aromatic rings. The minimum Gasteiger partial charge on any atom is -0.457 e. The van der Waals surface area contributed by atoms with E-state index in [0.29, 0.717) is 12.3 Å². The number of anilines is 1. The normalized spacial score (nSPS) is 17.0. The van der Waals surface area contributed by atoms with Crippen molar-refractivity contribution in [2.75, 3.05) is 25.2 Å². The number of carbonyl (C=O) groups excluding carboxylic acids is 2. The van der Waals surface area contributed by atoms with Crippen LogP contribution in [-0.2, 0) is 14.3 Å². The van der Waals surface area contributed by atoms with Crippen molar-refractivity contribution in [3.05, 3.63) is 54.6 Å². The number of nitrogens with two attached hydrogens (primary N) is 1.